The molecule has 0 radical (unpaired) electrons. The molecule has 0 unspecified atom stereocenters. The molecule has 1 aromatic heterocycles. The number of sulfonamides is 1. The third-order valence-electron chi connectivity index (χ3n) is 5.88. The molecule has 29 heavy (non-hydrogen) atoms. The summed E-state index contributed by atoms with van der Waals surface area (Å²) in [5.74, 6) is 0.176. The number of benzene rings is 1. The Labute approximate surface area is 174 Å². The van der Waals surface area contributed by atoms with Crippen LogP contribution >= 0.6 is 0 Å². The predicted molar refractivity (Wildman–Crippen MR) is 116 cm³/mol. The number of hydrogen-bond donors (Lipinski definition) is 1. The smallest absolute Gasteiger partial charge is 0.264 e. The number of amides is 1. The summed E-state index contributed by atoms with van der Waals surface area (Å²) in [7, 11) is -2.11. The zero-order chi connectivity index (χ0) is 21.3. The molecule has 1 aromatic carbocycles. The highest BCUT2D eigenvalue weighted by Crippen LogP contribution is 2.30. The highest BCUT2D eigenvalue weighted by molar-refractivity contribution is 7.92. The Kier molecular flexibility index (Phi) is 6.08. The van der Waals surface area contributed by atoms with Crippen molar-refractivity contribution >= 4 is 21.6 Å². The van der Waals surface area contributed by atoms with E-state index in [9.17, 15) is 13.2 Å². The van der Waals surface area contributed by atoms with Gasteiger partial charge in [-0.3, -0.25) is 9.52 Å². The molecule has 1 aliphatic rings. The molecule has 0 atom stereocenters. The van der Waals surface area contributed by atoms with E-state index in [1.165, 1.54) is 0 Å². The topological polar surface area (TPSA) is 71.4 Å². The van der Waals surface area contributed by atoms with Gasteiger partial charge in [0.25, 0.3) is 15.9 Å². The standard InChI is InChI=1S/C22H31N3O3S/c1-15(2)18-9-11-19(12-10-18)23-29(27,28)21-17(4)24(5)16(3)20(21)22(26)25-13-7-6-8-14-25/h9-12,15,23H,6-8,13-14H2,1-5H3. The second-order valence-corrected chi connectivity index (χ2v) is 9.79. The number of nitrogens with one attached hydrogen (secondary N) is 1. The van der Waals surface area contributed by atoms with Gasteiger partial charge in [-0.25, -0.2) is 8.42 Å². The van der Waals surface area contributed by atoms with Gasteiger partial charge < -0.3 is 9.47 Å². The maximum absolute atomic E-state index is 13.3. The molecule has 0 bridgehead atoms. The average Bonchev–Trinajstić information content (AvgIpc) is 2.93. The summed E-state index contributed by atoms with van der Waals surface area (Å²) in [5.41, 5.74) is 3.16. The number of aromatic nitrogens is 1. The van der Waals surface area contributed by atoms with E-state index in [0.717, 1.165) is 24.8 Å². The van der Waals surface area contributed by atoms with E-state index in [0.29, 0.717) is 41.6 Å². The number of nitrogens with zero attached hydrogens (tertiary/aromatic N) is 2. The fourth-order valence-electron chi connectivity index (χ4n) is 3.89. The number of carbonyl (C=O) groups is 1. The summed E-state index contributed by atoms with van der Waals surface area (Å²) in [6.45, 7) is 9.09. The maximum Gasteiger partial charge on any atom is 0.264 e. The molecule has 3 rings (SSSR count). The summed E-state index contributed by atoms with van der Waals surface area (Å²) in [6, 6.07) is 7.38. The second-order valence-electron chi connectivity index (χ2n) is 8.17. The van der Waals surface area contributed by atoms with Crippen molar-refractivity contribution in [3.05, 3.63) is 46.8 Å². The fourth-order valence-corrected chi connectivity index (χ4v) is 5.47. The van der Waals surface area contributed by atoms with Crippen LogP contribution in [0.15, 0.2) is 29.2 Å². The molecule has 1 aliphatic heterocycles. The Balaban J connectivity index is 2.00. The highest BCUT2D eigenvalue weighted by Gasteiger charge is 2.33. The molecule has 0 aliphatic carbocycles. The van der Waals surface area contributed by atoms with Crippen molar-refractivity contribution in [2.75, 3.05) is 17.8 Å². The van der Waals surface area contributed by atoms with E-state index < -0.39 is 10.0 Å². The predicted octanol–water partition coefficient (Wildman–Crippen LogP) is 4.19. The third-order valence-corrected chi connectivity index (χ3v) is 7.42. The van der Waals surface area contributed by atoms with Crippen LogP contribution in [0.2, 0.25) is 0 Å². The minimum absolute atomic E-state index is 0.0843. The number of carbonyl (C=O) groups excluding carboxylic acids is 1. The molecular weight excluding hydrogens is 386 g/mol. The Morgan fingerprint density at radius 3 is 2.14 bits per heavy atom. The van der Waals surface area contributed by atoms with Crippen LogP contribution in [-0.2, 0) is 17.1 Å². The summed E-state index contributed by atoms with van der Waals surface area (Å²) in [5, 5.41) is 0. The number of rotatable bonds is 5. The summed E-state index contributed by atoms with van der Waals surface area (Å²) < 4.78 is 31.1. The van der Waals surface area contributed by atoms with Gasteiger partial charge in [-0.15, -0.1) is 0 Å². The SMILES string of the molecule is Cc1c(C(=O)N2CCCCC2)c(S(=O)(=O)Nc2ccc(C(C)C)cc2)c(C)n1C. The van der Waals surface area contributed by atoms with Crippen molar-refractivity contribution in [3.63, 3.8) is 0 Å². The van der Waals surface area contributed by atoms with Crippen LogP contribution in [0.5, 0.6) is 0 Å². The lowest BCUT2D eigenvalue weighted by molar-refractivity contribution is 0.0720. The van der Waals surface area contributed by atoms with E-state index in [1.807, 2.05) is 12.1 Å². The number of hydrogen-bond acceptors (Lipinski definition) is 3. The average molecular weight is 418 g/mol. The van der Waals surface area contributed by atoms with Crippen molar-refractivity contribution < 1.29 is 13.2 Å². The van der Waals surface area contributed by atoms with Gasteiger partial charge in [0, 0.05) is 37.2 Å². The van der Waals surface area contributed by atoms with Crippen molar-refractivity contribution in [2.45, 2.75) is 57.8 Å². The lowest BCUT2D eigenvalue weighted by Gasteiger charge is -2.27. The monoisotopic (exact) mass is 417 g/mol. The maximum atomic E-state index is 13.3. The fraction of sp³-hybridized carbons (Fsp3) is 0.500. The lowest BCUT2D eigenvalue weighted by atomic mass is 10.0. The molecule has 0 saturated carbocycles. The largest absolute Gasteiger partial charge is 0.350 e. The van der Waals surface area contributed by atoms with Crippen LogP contribution in [0.4, 0.5) is 5.69 Å². The van der Waals surface area contributed by atoms with Crippen LogP contribution in [0, 0.1) is 13.8 Å². The van der Waals surface area contributed by atoms with E-state index in [2.05, 4.69) is 18.6 Å². The first-order valence-electron chi connectivity index (χ1n) is 10.2. The molecule has 1 fully saturated rings. The van der Waals surface area contributed by atoms with E-state index in [1.54, 1.807) is 42.5 Å². The molecule has 6 nitrogen and oxygen atoms in total. The van der Waals surface area contributed by atoms with Gasteiger partial charge in [0.2, 0.25) is 0 Å². The first kappa shape index (κ1) is 21.4. The summed E-state index contributed by atoms with van der Waals surface area (Å²) >= 11 is 0. The van der Waals surface area contributed by atoms with Gasteiger partial charge in [-0.05, 0) is 56.7 Å². The number of anilines is 1. The van der Waals surface area contributed by atoms with E-state index >= 15 is 0 Å². The molecule has 1 amide bonds. The number of likely N-dealkylation sites (tertiary alicyclic amines) is 1. The second kappa shape index (κ2) is 8.22. The molecular formula is C22H31N3O3S. The van der Waals surface area contributed by atoms with Gasteiger partial charge in [-0.2, -0.15) is 0 Å². The first-order valence-corrected chi connectivity index (χ1v) is 11.7. The quantitative estimate of drug-likeness (QED) is 0.793. The Hall–Kier alpha value is -2.28. The van der Waals surface area contributed by atoms with Gasteiger partial charge in [-0.1, -0.05) is 26.0 Å². The van der Waals surface area contributed by atoms with Crippen LogP contribution in [0.1, 0.15) is 66.3 Å². The van der Waals surface area contributed by atoms with E-state index in [4.69, 9.17) is 0 Å². The highest BCUT2D eigenvalue weighted by atomic mass is 32.2. The minimum atomic E-state index is -3.91. The minimum Gasteiger partial charge on any atom is -0.350 e. The molecule has 1 N–H and O–H groups in total. The van der Waals surface area contributed by atoms with Crippen molar-refractivity contribution in [3.8, 4) is 0 Å². The molecule has 1 saturated heterocycles. The molecule has 0 spiro atoms. The van der Waals surface area contributed by atoms with Gasteiger partial charge in [0.05, 0.1) is 5.56 Å². The Morgan fingerprint density at radius 1 is 1.00 bits per heavy atom. The molecule has 7 heteroatoms. The zero-order valence-electron chi connectivity index (χ0n) is 17.9. The molecule has 2 heterocycles. The van der Waals surface area contributed by atoms with Crippen LogP contribution in [0.25, 0.3) is 0 Å². The summed E-state index contributed by atoms with van der Waals surface area (Å²) in [4.78, 5) is 15.1. The van der Waals surface area contributed by atoms with Crippen LogP contribution in [-0.4, -0.2) is 36.9 Å². The van der Waals surface area contributed by atoms with Gasteiger partial charge in [0.15, 0.2) is 0 Å². The molecule has 158 valence electrons. The summed E-state index contributed by atoms with van der Waals surface area (Å²) in [6.07, 6.45) is 3.02. The van der Waals surface area contributed by atoms with E-state index in [-0.39, 0.29) is 10.8 Å². The van der Waals surface area contributed by atoms with Crippen LogP contribution < -0.4 is 4.72 Å². The normalized spacial score (nSPS) is 15.0. The van der Waals surface area contributed by atoms with Gasteiger partial charge >= 0.3 is 0 Å². The Morgan fingerprint density at radius 2 is 1.59 bits per heavy atom. The van der Waals surface area contributed by atoms with Crippen molar-refractivity contribution in [1.29, 1.82) is 0 Å². The van der Waals surface area contributed by atoms with Crippen molar-refractivity contribution in [2.24, 2.45) is 7.05 Å². The lowest BCUT2D eigenvalue weighted by Crippen LogP contribution is -2.36. The van der Waals surface area contributed by atoms with Gasteiger partial charge in [0.1, 0.15) is 4.90 Å². The first-order chi connectivity index (χ1) is 13.6. The van der Waals surface area contributed by atoms with Crippen molar-refractivity contribution in [1.82, 2.24) is 9.47 Å². The Bertz CT molecular complexity index is 999. The number of piperidine rings is 1. The zero-order valence-corrected chi connectivity index (χ0v) is 18.8. The third kappa shape index (κ3) is 4.20. The van der Waals surface area contributed by atoms with Crippen LogP contribution in [0.3, 0.4) is 0 Å². The molecule has 2 aromatic rings.